The van der Waals surface area contributed by atoms with E-state index in [2.05, 4.69) is 31.4 Å². The van der Waals surface area contributed by atoms with Crippen molar-refractivity contribution in [3.63, 3.8) is 0 Å². The Kier molecular flexibility index (Phi) is 6.04. The number of amides is 2. The van der Waals surface area contributed by atoms with Gasteiger partial charge in [0.25, 0.3) is 11.8 Å². The summed E-state index contributed by atoms with van der Waals surface area (Å²) in [5.74, 6) is 0.0901. The molecule has 0 radical (unpaired) electrons. The van der Waals surface area contributed by atoms with Gasteiger partial charge < -0.3 is 10.6 Å². The van der Waals surface area contributed by atoms with Gasteiger partial charge in [0.1, 0.15) is 5.00 Å². The number of hydrogen-bond acceptors (Lipinski definition) is 6. The molecule has 2 aromatic rings. The highest BCUT2D eigenvalue weighted by atomic mass is 32.2. The Morgan fingerprint density at radius 3 is 2.55 bits per heavy atom. The lowest BCUT2D eigenvalue weighted by Crippen LogP contribution is -2.36. The first-order valence-electron chi connectivity index (χ1n) is 10.5. The van der Waals surface area contributed by atoms with Gasteiger partial charge >= 0.3 is 0 Å². The van der Waals surface area contributed by atoms with Crippen LogP contribution in [-0.4, -0.2) is 37.8 Å². The predicted molar refractivity (Wildman–Crippen MR) is 126 cm³/mol. The topological polar surface area (TPSA) is 92.3 Å². The maximum Gasteiger partial charge on any atom is 0.266 e. The van der Waals surface area contributed by atoms with Crippen molar-refractivity contribution in [1.82, 2.24) is 5.32 Å². The first-order valence-corrected chi connectivity index (χ1v) is 14.1. The summed E-state index contributed by atoms with van der Waals surface area (Å²) in [5, 5.41) is 8.28. The summed E-state index contributed by atoms with van der Waals surface area (Å²) >= 11 is 2.84. The molecule has 2 aliphatic rings. The Bertz CT molecular complexity index is 1090. The predicted octanol–water partition coefficient (Wildman–Crippen LogP) is 4.13. The van der Waals surface area contributed by atoms with E-state index in [0.29, 0.717) is 27.8 Å². The third-order valence-electron chi connectivity index (χ3n) is 6.26. The van der Waals surface area contributed by atoms with E-state index in [9.17, 15) is 18.0 Å². The van der Waals surface area contributed by atoms with Crippen LogP contribution in [0, 0.1) is 11.3 Å². The third-order valence-corrected chi connectivity index (χ3v) is 10.1. The normalized spacial score (nSPS) is 22.7. The van der Waals surface area contributed by atoms with Crippen molar-refractivity contribution >= 4 is 49.3 Å². The smallest absolute Gasteiger partial charge is 0.266 e. The monoisotopic (exact) mass is 480 g/mol. The SMILES string of the molecule is CC(C)(C)[C@@H]1CCc2c(sc(NC(=O)c3cccs3)c2C(=O)N[C@H]2CCS(=O)(=O)C2)C1. The summed E-state index contributed by atoms with van der Waals surface area (Å²) in [6.07, 6.45) is 3.10. The van der Waals surface area contributed by atoms with Gasteiger partial charge in [0.05, 0.1) is 21.9 Å². The summed E-state index contributed by atoms with van der Waals surface area (Å²) in [7, 11) is -3.09. The molecule has 168 valence electrons. The molecule has 3 heterocycles. The highest BCUT2D eigenvalue weighted by Gasteiger charge is 2.36. The lowest BCUT2D eigenvalue weighted by Gasteiger charge is -2.33. The quantitative estimate of drug-likeness (QED) is 0.688. The van der Waals surface area contributed by atoms with E-state index in [1.54, 1.807) is 6.07 Å². The van der Waals surface area contributed by atoms with E-state index in [0.717, 1.165) is 29.7 Å². The molecule has 0 saturated carbocycles. The zero-order valence-corrected chi connectivity index (χ0v) is 20.4. The third kappa shape index (κ3) is 4.88. The van der Waals surface area contributed by atoms with Gasteiger partial charge in [-0.2, -0.15) is 0 Å². The number of thiophene rings is 2. The standard InChI is InChI=1S/C22H28N2O4S3/c1-22(2,3)13-6-7-15-17(11-13)30-21(24-19(25)16-5-4-9-29-16)18(15)20(26)23-14-8-10-31(27,28)12-14/h4-5,9,13-14H,6-8,10-12H2,1-3H3,(H,23,26)(H,24,25)/t13-,14+/m1/s1. The van der Waals surface area contributed by atoms with E-state index in [1.165, 1.54) is 22.7 Å². The molecule has 4 rings (SSSR count). The number of sulfone groups is 1. The van der Waals surface area contributed by atoms with Crippen LogP contribution in [0.25, 0.3) is 0 Å². The van der Waals surface area contributed by atoms with Crippen LogP contribution in [0.2, 0.25) is 0 Å². The average molecular weight is 481 g/mol. The molecular formula is C22H28N2O4S3. The molecule has 0 spiro atoms. The highest BCUT2D eigenvalue weighted by Crippen LogP contribution is 2.44. The molecule has 2 atom stereocenters. The van der Waals surface area contributed by atoms with E-state index in [1.807, 2.05) is 11.4 Å². The highest BCUT2D eigenvalue weighted by molar-refractivity contribution is 7.91. The van der Waals surface area contributed by atoms with Crippen LogP contribution in [0.1, 0.15) is 64.1 Å². The summed E-state index contributed by atoms with van der Waals surface area (Å²) in [4.78, 5) is 27.7. The number of carbonyl (C=O) groups is 2. The van der Waals surface area contributed by atoms with Crippen LogP contribution in [-0.2, 0) is 22.7 Å². The molecule has 1 aliphatic carbocycles. The van der Waals surface area contributed by atoms with Gasteiger partial charge in [-0.15, -0.1) is 22.7 Å². The Labute approximate surface area is 191 Å². The van der Waals surface area contributed by atoms with Gasteiger partial charge in [0, 0.05) is 10.9 Å². The van der Waals surface area contributed by atoms with Crippen molar-refractivity contribution in [3.8, 4) is 0 Å². The zero-order chi connectivity index (χ0) is 22.4. The Morgan fingerprint density at radius 2 is 1.94 bits per heavy atom. The minimum atomic E-state index is -3.09. The number of anilines is 1. The Hall–Kier alpha value is -1.71. The molecule has 1 saturated heterocycles. The van der Waals surface area contributed by atoms with Crippen molar-refractivity contribution in [3.05, 3.63) is 38.4 Å². The lowest BCUT2D eigenvalue weighted by atomic mass is 9.72. The number of fused-ring (bicyclic) bond motifs is 1. The molecule has 2 aromatic heterocycles. The van der Waals surface area contributed by atoms with E-state index < -0.39 is 9.84 Å². The molecule has 9 heteroatoms. The van der Waals surface area contributed by atoms with Gasteiger partial charge in [0.15, 0.2) is 9.84 Å². The molecule has 1 fully saturated rings. The Morgan fingerprint density at radius 1 is 1.16 bits per heavy atom. The number of nitrogens with one attached hydrogen (secondary N) is 2. The van der Waals surface area contributed by atoms with Crippen molar-refractivity contribution in [2.75, 3.05) is 16.8 Å². The average Bonchev–Trinajstić information content (AvgIpc) is 3.38. The first kappa shape index (κ1) is 22.5. The number of hydrogen-bond donors (Lipinski definition) is 2. The molecule has 0 aromatic carbocycles. The van der Waals surface area contributed by atoms with Gasteiger partial charge in [-0.3, -0.25) is 9.59 Å². The molecule has 6 nitrogen and oxygen atoms in total. The molecular weight excluding hydrogens is 452 g/mol. The fraction of sp³-hybridized carbons (Fsp3) is 0.545. The lowest BCUT2D eigenvalue weighted by molar-refractivity contribution is 0.0941. The fourth-order valence-electron chi connectivity index (χ4n) is 4.39. The van der Waals surface area contributed by atoms with E-state index >= 15 is 0 Å². The van der Waals surface area contributed by atoms with Crippen LogP contribution in [0.4, 0.5) is 5.00 Å². The second-order valence-electron chi connectivity index (χ2n) is 9.52. The molecule has 0 bridgehead atoms. The molecule has 0 unspecified atom stereocenters. The van der Waals surface area contributed by atoms with Crippen LogP contribution in [0.5, 0.6) is 0 Å². The Balaban J connectivity index is 1.64. The second-order valence-corrected chi connectivity index (χ2v) is 13.8. The van der Waals surface area contributed by atoms with Crippen molar-refractivity contribution < 1.29 is 18.0 Å². The van der Waals surface area contributed by atoms with Crippen molar-refractivity contribution in [2.24, 2.45) is 11.3 Å². The molecule has 1 aliphatic heterocycles. The summed E-state index contributed by atoms with van der Waals surface area (Å²) in [6.45, 7) is 6.72. The minimum absolute atomic E-state index is 0.0198. The number of carbonyl (C=O) groups excluding carboxylic acids is 2. The van der Waals surface area contributed by atoms with Gasteiger partial charge in [-0.25, -0.2) is 8.42 Å². The fourth-order valence-corrected chi connectivity index (χ4v) is 8.00. The summed E-state index contributed by atoms with van der Waals surface area (Å²) < 4.78 is 23.6. The summed E-state index contributed by atoms with van der Waals surface area (Å²) in [5.41, 5.74) is 1.69. The van der Waals surface area contributed by atoms with Crippen molar-refractivity contribution in [1.29, 1.82) is 0 Å². The molecule has 31 heavy (non-hydrogen) atoms. The first-order chi connectivity index (χ1) is 14.5. The maximum atomic E-state index is 13.3. The van der Waals surface area contributed by atoms with E-state index in [-0.39, 0.29) is 34.8 Å². The van der Waals surface area contributed by atoms with E-state index in [4.69, 9.17) is 0 Å². The molecule has 2 N–H and O–H groups in total. The van der Waals surface area contributed by atoms with Gasteiger partial charge in [0.2, 0.25) is 0 Å². The van der Waals surface area contributed by atoms with Crippen LogP contribution in [0.15, 0.2) is 17.5 Å². The summed E-state index contributed by atoms with van der Waals surface area (Å²) in [6, 6.07) is 3.20. The van der Waals surface area contributed by atoms with Gasteiger partial charge in [-0.1, -0.05) is 26.8 Å². The second kappa shape index (κ2) is 8.33. The van der Waals surface area contributed by atoms with Crippen LogP contribution < -0.4 is 10.6 Å². The van der Waals surface area contributed by atoms with Crippen LogP contribution >= 0.6 is 22.7 Å². The van der Waals surface area contributed by atoms with Crippen molar-refractivity contribution in [2.45, 2.75) is 52.5 Å². The number of rotatable bonds is 4. The van der Waals surface area contributed by atoms with Gasteiger partial charge in [-0.05, 0) is 54.0 Å². The minimum Gasteiger partial charge on any atom is -0.348 e. The molecule has 2 amide bonds. The maximum absolute atomic E-state index is 13.3. The zero-order valence-electron chi connectivity index (χ0n) is 18.0. The van der Waals surface area contributed by atoms with Crippen LogP contribution in [0.3, 0.4) is 0 Å². The largest absolute Gasteiger partial charge is 0.348 e.